The van der Waals surface area contributed by atoms with Crippen molar-refractivity contribution >= 4 is 39.8 Å². The molecule has 0 fully saturated rings. The molecule has 0 saturated carbocycles. The minimum Gasteiger partial charge on any atom is -0.497 e. The largest absolute Gasteiger partial charge is 0.497 e. The van der Waals surface area contributed by atoms with E-state index in [1.54, 1.807) is 39.7 Å². The Kier molecular flexibility index (Phi) is 15.1. The smallest absolute Gasteiger partial charge is 0.323 e. The van der Waals surface area contributed by atoms with E-state index in [4.69, 9.17) is 28.4 Å². The summed E-state index contributed by atoms with van der Waals surface area (Å²) in [5.74, 6) is 2.05. The second kappa shape index (κ2) is 20.3. The third kappa shape index (κ3) is 11.8. The van der Waals surface area contributed by atoms with Gasteiger partial charge in [0, 0.05) is 61.4 Å². The van der Waals surface area contributed by atoms with Crippen LogP contribution in [0.25, 0.3) is 10.8 Å². The van der Waals surface area contributed by atoms with Crippen molar-refractivity contribution in [2.24, 2.45) is 0 Å². The van der Waals surface area contributed by atoms with E-state index in [9.17, 15) is 9.59 Å². The summed E-state index contributed by atoms with van der Waals surface area (Å²) in [5.41, 5.74) is 4.87. The van der Waals surface area contributed by atoms with Crippen LogP contribution in [0.5, 0.6) is 23.0 Å². The molecule has 0 radical (unpaired) electrons. The first-order chi connectivity index (χ1) is 27.5. The summed E-state index contributed by atoms with van der Waals surface area (Å²) in [6.07, 6.45) is 2.12. The number of fused-ring (bicyclic) bond motifs is 1. The summed E-state index contributed by atoms with van der Waals surface area (Å²) in [7, 11) is 6.59. The maximum atomic E-state index is 13.5. The topological polar surface area (TPSA) is 151 Å². The van der Waals surface area contributed by atoms with E-state index in [0.717, 1.165) is 33.3 Å². The molecular weight excluding hydrogens is 727 g/mol. The Bertz CT molecular complexity index is 2130. The van der Waals surface area contributed by atoms with Gasteiger partial charge in [0.05, 0.1) is 64.3 Å². The first-order valence-electron chi connectivity index (χ1n) is 18.8. The van der Waals surface area contributed by atoms with E-state index in [1.807, 2.05) is 73.8 Å². The fourth-order valence-corrected chi connectivity index (χ4v) is 6.07. The molecule has 1 heterocycles. The third-order valence-corrected chi connectivity index (χ3v) is 9.01. The molecule has 0 unspecified atom stereocenters. The van der Waals surface area contributed by atoms with Gasteiger partial charge in [-0.25, -0.2) is 4.79 Å². The zero-order chi connectivity index (χ0) is 40.8. The summed E-state index contributed by atoms with van der Waals surface area (Å²) in [6, 6.07) is 23.9. The van der Waals surface area contributed by atoms with E-state index in [1.165, 1.54) is 0 Å². The first-order valence-corrected chi connectivity index (χ1v) is 18.8. The zero-order valence-electron chi connectivity index (χ0n) is 33.7. The highest BCUT2D eigenvalue weighted by molar-refractivity contribution is 6.08. The molecule has 57 heavy (non-hydrogen) atoms. The van der Waals surface area contributed by atoms with Crippen molar-refractivity contribution in [2.75, 3.05) is 83.9 Å². The Labute approximate surface area is 334 Å². The third-order valence-electron chi connectivity index (χ3n) is 9.01. The molecule has 0 atom stereocenters. The van der Waals surface area contributed by atoms with E-state index in [-0.39, 0.29) is 11.3 Å². The van der Waals surface area contributed by atoms with Gasteiger partial charge in [-0.05, 0) is 65.1 Å². The number of carbonyl (C=O) groups excluding carboxylic acids is 2. The molecule has 1 aromatic heterocycles. The van der Waals surface area contributed by atoms with Gasteiger partial charge in [0.2, 0.25) is 0 Å². The second-order valence-corrected chi connectivity index (χ2v) is 14.1. The van der Waals surface area contributed by atoms with Crippen LogP contribution in [0.4, 0.5) is 21.9 Å². The molecule has 0 aliphatic heterocycles. The standard InChI is InChI=1S/C44H53N5O8/c1-44(2,3)31-26-38(45-4)41(54-7)39(27-31)49-43(51)48-37-12-13-40(36-11-9-8-10-35(36)37)57-33-14-15-46-32(28-33)23-29-22-30(25-34(24-29)53-6)42(50)47-16-17-55-20-21-56-19-18-52-5/h8-15,22,24-28,45H,16-21,23H2,1-7H3,(H,47,50)(H2,48,49,51). The highest BCUT2D eigenvalue weighted by atomic mass is 16.5. The first kappa shape index (κ1) is 42.3. The summed E-state index contributed by atoms with van der Waals surface area (Å²) < 4.78 is 33.5. The van der Waals surface area contributed by atoms with Crippen LogP contribution in [0.3, 0.4) is 0 Å². The predicted octanol–water partition coefficient (Wildman–Crippen LogP) is 8.03. The minimum atomic E-state index is -0.415. The zero-order valence-corrected chi connectivity index (χ0v) is 33.7. The quantitative estimate of drug-likeness (QED) is 0.0607. The molecule has 13 heteroatoms. The van der Waals surface area contributed by atoms with Gasteiger partial charge in [0.15, 0.2) is 5.75 Å². The van der Waals surface area contributed by atoms with E-state index in [2.05, 4.69) is 47.0 Å². The summed E-state index contributed by atoms with van der Waals surface area (Å²) in [4.78, 5) is 31.0. The van der Waals surface area contributed by atoms with Gasteiger partial charge in [-0.3, -0.25) is 9.78 Å². The highest BCUT2D eigenvalue weighted by Gasteiger charge is 2.21. The predicted molar refractivity (Wildman–Crippen MR) is 224 cm³/mol. The van der Waals surface area contributed by atoms with Gasteiger partial charge in [0.25, 0.3) is 5.91 Å². The fourth-order valence-electron chi connectivity index (χ4n) is 6.07. The molecule has 0 saturated heterocycles. The number of nitrogens with zero attached hydrogens (tertiary/aromatic N) is 1. The van der Waals surface area contributed by atoms with Crippen molar-refractivity contribution in [3.05, 3.63) is 107 Å². The lowest BCUT2D eigenvalue weighted by Crippen LogP contribution is -2.27. The molecule has 5 rings (SSSR count). The number of nitrogens with one attached hydrogen (secondary N) is 4. The molecule has 0 aliphatic rings. The van der Waals surface area contributed by atoms with E-state index >= 15 is 0 Å². The molecule has 0 spiro atoms. The number of anilines is 3. The normalized spacial score (nSPS) is 11.2. The van der Waals surface area contributed by atoms with Gasteiger partial charge in [-0.1, -0.05) is 45.0 Å². The molecule has 4 N–H and O–H groups in total. The van der Waals surface area contributed by atoms with E-state index < -0.39 is 6.03 Å². The molecule has 3 amide bonds. The number of carbonyl (C=O) groups is 2. The maximum Gasteiger partial charge on any atom is 0.323 e. The van der Waals surface area contributed by atoms with Crippen molar-refractivity contribution < 1.29 is 38.0 Å². The molecule has 4 aromatic carbocycles. The molecular formula is C44H53N5O8. The number of methoxy groups -OCH3 is 3. The number of urea groups is 1. The van der Waals surface area contributed by atoms with Crippen LogP contribution in [0.2, 0.25) is 0 Å². The van der Waals surface area contributed by atoms with Gasteiger partial charge < -0.3 is 49.7 Å². The second-order valence-electron chi connectivity index (χ2n) is 14.1. The highest BCUT2D eigenvalue weighted by Crippen LogP contribution is 2.39. The molecule has 0 aliphatic carbocycles. The minimum absolute atomic E-state index is 0.152. The van der Waals surface area contributed by atoms with Gasteiger partial charge in [-0.2, -0.15) is 0 Å². The Morgan fingerprint density at radius 3 is 2.16 bits per heavy atom. The van der Waals surface area contributed by atoms with Crippen molar-refractivity contribution in [1.82, 2.24) is 10.3 Å². The number of hydrogen-bond donors (Lipinski definition) is 4. The summed E-state index contributed by atoms with van der Waals surface area (Å²) in [6.45, 7) is 8.99. The lowest BCUT2D eigenvalue weighted by molar-refractivity contribution is 0.0255. The summed E-state index contributed by atoms with van der Waals surface area (Å²) >= 11 is 0. The van der Waals surface area contributed by atoms with Crippen LogP contribution < -0.4 is 35.5 Å². The molecule has 0 bridgehead atoms. The number of aromatic nitrogens is 1. The van der Waals surface area contributed by atoms with Crippen molar-refractivity contribution in [3.63, 3.8) is 0 Å². The van der Waals surface area contributed by atoms with Crippen molar-refractivity contribution in [2.45, 2.75) is 32.6 Å². The number of benzene rings is 4. The number of ether oxygens (including phenoxy) is 6. The number of hydrogen-bond acceptors (Lipinski definition) is 10. The maximum absolute atomic E-state index is 13.5. The van der Waals surface area contributed by atoms with Gasteiger partial charge in [0.1, 0.15) is 17.2 Å². The fraction of sp³-hybridized carbons (Fsp3) is 0.341. The van der Waals surface area contributed by atoms with Crippen LogP contribution in [-0.4, -0.2) is 84.9 Å². The lowest BCUT2D eigenvalue weighted by atomic mass is 9.86. The monoisotopic (exact) mass is 779 g/mol. The Balaban J connectivity index is 1.26. The molecule has 13 nitrogen and oxygen atoms in total. The van der Waals surface area contributed by atoms with Crippen LogP contribution in [0.1, 0.15) is 48.0 Å². The van der Waals surface area contributed by atoms with E-state index in [0.29, 0.717) is 85.9 Å². The average Bonchev–Trinajstić information content (AvgIpc) is 3.20. The van der Waals surface area contributed by atoms with Crippen LogP contribution >= 0.6 is 0 Å². The number of amides is 3. The number of rotatable bonds is 19. The Morgan fingerprint density at radius 1 is 0.719 bits per heavy atom. The van der Waals surface area contributed by atoms with Crippen LogP contribution in [-0.2, 0) is 26.0 Å². The Morgan fingerprint density at radius 2 is 1.44 bits per heavy atom. The SMILES string of the molecule is CNc1cc(C(C)(C)C)cc(NC(=O)Nc2ccc(Oc3ccnc(Cc4cc(OC)cc(C(=O)NCCOCCOCCOC)c4)c3)c3ccccc23)c1OC. The Hall–Kier alpha value is -5.89. The molecule has 5 aromatic rings. The van der Waals surface area contributed by atoms with Crippen molar-refractivity contribution in [3.8, 4) is 23.0 Å². The van der Waals surface area contributed by atoms with Gasteiger partial charge >= 0.3 is 6.03 Å². The van der Waals surface area contributed by atoms with Crippen LogP contribution in [0, 0.1) is 0 Å². The lowest BCUT2D eigenvalue weighted by Gasteiger charge is -2.23. The van der Waals surface area contributed by atoms with Crippen molar-refractivity contribution in [1.29, 1.82) is 0 Å². The van der Waals surface area contributed by atoms with Crippen LogP contribution in [0.15, 0.2) is 85.1 Å². The average molecular weight is 780 g/mol. The summed E-state index contributed by atoms with van der Waals surface area (Å²) in [5, 5.41) is 13.7. The number of pyridine rings is 1. The molecule has 302 valence electrons. The van der Waals surface area contributed by atoms with Gasteiger partial charge in [-0.15, -0.1) is 0 Å².